The van der Waals surface area contributed by atoms with Gasteiger partial charge >= 0.3 is 6.09 Å². The molecule has 17 heavy (non-hydrogen) atoms. The van der Waals surface area contributed by atoms with Crippen molar-refractivity contribution < 1.29 is 9.53 Å². The maximum Gasteiger partial charge on any atom is 0.410 e. The van der Waals surface area contributed by atoms with Gasteiger partial charge in [0.05, 0.1) is 6.04 Å². The first-order valence-electron chi connectivity index (χ1n) is 6.39. The maximum absolute atomic E-state index is 12.0. The molecule has 1 aliphatic heterocycles. The number of nitrogens with one attached hydrogen (secondary N) is 1. The van der Waals surface area contributed by atoms with Crippen LogP contribution in [0.15, 0.2) is 0 Å². The lowest BCUT2D eigenvalue weighted by molar-refractivity contribution is 0.0184. The Labute approximate surface area is 105 Å². The van der Waals surface area contributed by atoms with E-state index in [0.717, 1.165) is 13.1 Å². The molecule has 1 fully saturated rings. The molecule has 0 aromatic heterocycles. The summed E-state index contributed by atoms with van der Waals surface area (Å²) in [4.78, 5) is 13.7. The first-order valence-corrected chi connectivity index (χ1v) is 6.39. The molecule has 0 bridgehead atoms. The fraction of sp³-hybridized carbons (Fsp3) is 0.923. The Morgan fingerprint density at radius 2 is 1.94 bits per heavy atom. The summed E-state index contributed by atoms with van der Waals surface area (Å²) in [6.07, 6.45) is -0.225. The van der Waals surface area contributed by atoms with Crippen molar-refractivity contribution in [2.24, 2.45) is 11.8 Å². The molecule has 0 unspecified atom stereocenters. The summed E-state index contributed by atoms with van der Waals surface area (Å²) in [6, 6.07) is 0.241. The number of carbonyl (C=O) groups excluding carboxylic acids is 1. The predicted octanol–water partition coefficient (Wildman–Crippen LogP) is 2.10. The zero-order valence-corrected chi connectivity index (χ0v) is 11.9. The monoisotopic (exact) mass is 242 g/mol. The van der Waals surface area contributed by atoms with E-state index >= 15 is 0 Å². The molecular formula is C13H26N2O2. The van der Waals surface area contributed by atoms with Crippen LogP contribution in [0.2, 0.25) is 0 Å². The minimum Gasteiger partial charge on any atom is -0.444 e. The number of hydrogen-bond donors (Lipinski definition) is 1. The van der Waals surface area contributed by atoms with E-state index in [4.69, 9.17) is 4.74 Å². The van der Waals surface area contributed by atoms with Crippen molar-refractivity contribution in [2.45, 2.75) is 46.3 Å². The van der Waals surface area contributed by atoms with E-state index in [1.54, 1.807) is 4.90 Å². The van der Waals surface area contributed by atoms with Crippen molar-refractivity contribution in [3.8, 4) is 0 Å². The molecule has 2 atom stereocenters. The first-order chi connectivity index (χ1) is 7.72. The average molecular weight is 242 g/mol. The van der Waals surface area contributed by atoms with Gasteiger partial charge in [0.1, 0.15) is 5.60 Å². The van der Waals surface area contributed by atoms with Crippen LogP contribution in [0.1, 0.15) is 34.6 Å². The zero-order valence-electron chi connectivity index (χ0n) is 11.9. The Balaban J connectivity index is 2.63. The highest BCUT2D eigenvalue weighted by atomic mass is 16.6. The molecule has 0 aromatic rings. The lowest BCUT2D eigenvalue weighted by Gasteiger charge is -2.32. The quantitative estimate of drug-likeness (QED) is 0.806. The molecule has 100 valence electrons. The minimum atomic E-state index is -0.426. The van der Waals surface area contributed by atoms with Crippen molar-refractivity contribution in [1.82, 2.24) is 10.2 Å². The smallest absolute Gasteiger partial charge is 0.410 e. The summed E-state index contributed by atoms with van der Waals surface area (Å²) < 4.78 is 5.40. The summed E-state index contributed by atoms with van der Waals surface area (Å²) in [7, 11) is 1.83. The Morgan fingerprint density at radius 1 is 1.35 bits per heavy atom. The Hall–Kier alpha value is -0.770. The van der Waals surface area contributed by atoms with Crippen molar-refractivity contribution in [2.75, 3.05) is 20.1 Å². The lowest BCUT2D eigenvalue weighted by atomic mass is 9.91. The summed E-state index contributed by atoms with van der Waals surface area (Å²) in [5.74, 6) is 1.08. The number of rotatable bonds is 2. The van der Waals surface area contributed by atoms with E-state index in [2.05, 4.69) is 19.2 Å². The molecule has 1 rings (SSSR count). The van der Waals surface area contributed by atoms with Crippen LogP contribution in [0.5, 0.6) is 0 Å². The molecule has 1 aliphatic rings. The number of likely N-dealkylation sites (N-methyl/N-ethyl adjacent to an activating group) is 1. The molecule has 4 heteroatoms. The molecule has 1 saturated heterocycles. The lowest BCUT2D eigenvalue weighted by Crippen LogP contribution is -2.45. The van der Waals surface area contributed by atoms with Crippen molar-refractivity contribution in [1.29, 1.82) is 0 Å². The third-order valence-electron chi connectivity index (χ3n) is 3.26. The largest absolute Gasteiger partial charge is 0.444 e. The summed E-state index contributed by atoms with van der Waals surface area (Å²) >= 11 is 0. The molecular weight excluding hydrogens is 216 g/mol. The molecule has 1 heterocycles. The van der Waals surface area contributed by atoms with Crippen LogP contribution in [-0.2, 0) is 4.74 Å². The number of nitrogens with zero attached hydrogens (tertiary/aromatic N) is 1. The summed E-state index contributed by atoms with van der Waals surface area (Å²) in [5.41, 5.74) is -0.426. The van der Waals surface area contributed by atoms with E-state index in [0.29, 0.717) is 11.8 Å². The molecule has 1 N–H and O–H groups in total. The van der Waals surface area contributed by atoms with E-state index in [1.807, 2.05) is 27.8 Å². The highest BCUT2D eigenvalue weighted by Crippen LogP contribution is 2.23. The standard InChI is InChI=1S/C13H26N2O2/c1-9(2)10-7-14-8-11(10)15(6)12(16)17-13(3,4)5/h9-11,14H,7-8H2,1-6H3/t10-,11-/m1/s1. The number of amides is 1. The minimum absolute atomic E-state index is 0.225. The van der Waals surface area contributed by atoms with Gasteiger partial charge in [-0.2, -0.15) is 0 Å². The average Bonchev–Trinajstić information content (AvgIpc) is 2.61. The SMILES string of the molecule is CC(C)[C@H]1CNC[C@H]1N(C)C(=O)OC(C)(C)C. The number of carbonyl (C=O) groups is 1. The van der Waals surface area contributed by atoms with Gasteiger partial charge in [0.2, 0.25) is 0 Å². The van der Waals surface area contributed by atoms with Gasteiger partial charge in [-0.05, 0) is 32.6 Å². The van der Waals surface area contributed by atoms with Gasteiger partial charge in [0.15, 0.2) is 0 Å². The number of hydrogen-bond acceptors (Lipinski definition) is 3. The van der Waals surface area contributed by atoms with Gasteiger partial charge < -0.3 is 15.0 Å². The second kappa shape index (κ2) is 5.25. The Bertz CT molecular complexity index is 271. The van der Waals surface area contributed by atoms with Crippen LogP contribution in [0.3, 0.4) is 0 Å². The van der Waals surface area contributed by atoms with E-state index < -0.39 is 5.60 Å². The first kappa shape index (κ1) is 14.3. The van der Waals surface area contributed by atoms with Crippen molar-refractivity contribution >= 4 is 6.09 Å². The third-order valence-corrected chi connectivity index (χ3v) is 3.26. The van der Waals surface area contributed by atoms with Crippen molar-refractivity contribution in [3.05, 3.63) is 0 Å². The topological polar surface area (TPSA) is 41.6 Å². The van der Waals surface area contributed by atoms with Gasteiger partial charge in [-0.1, -0.05) is 13.8 Å². The molecule has 0 aliphatic carbocycles. The molecule has 0 radical (unpaired) electrons. The van der Waals surface area contributed by atoms with Crippen LogP contribution in [0, 0.1) is 11.8 Å². The second-order valence-corrected chi connectivity index (χ2v) is 6.22. The maximum atomic E-state index is 12.0. The third kappa shape index (κ3) is 3.87. The van der Waals surface area contributed by atoms with E-state index in [-0.39, 0.29) is 12.1 Å². The summed E-state index contributed by atoms with van der Waals surface area (Å²) in [6.45, 7) is 11.9. The predicted molar refractivity (Wildman–Crippen MR) is 69.0 cm³/mol. The van der Waals surface area contributed by atoms with E-state index in [1.165, 1.54) is 0 Å². The summed E-state index contributed by atoms with van der Waals surface area (Å²) in [5, 5.41) is 3.35. The molecule has 0 saturated carbocycles. The normalized spacial score (nSPS) is 25.1. The van der Waals surface area contributed by atoms with Crippen LogP contribution >= 0.6 is 0 Å². The van der Waals surface area contributed by atoms with Gasteiger partial charge in [0.25, 0.3) is 0 Å². The van der Waals surface area contributed by atoms with Crippen LogP contribution < -0.4 is 5.32 Å². The van der Waals surface area contributed by atoms with Gasteiger partial charge in [-0.15, -0.1) is 0 Å². The molecule has 0 aromatic carbocycles. The second-order valence-electron chi connectivity index (χ2n) is 6.22. The van der Waals surface area contributed by atoms with Gasteiger partial charge in [0, 0.05) is 20.1 Å². The fourth-order valence-corrected chi connectivity index (χ4v) is 2.26. The molecule has 0 spiro atoms. The highest BCUT2D eigenvalue weighted by Gasteiger charge is 2.35. The Morgan fingerprint density at radius 3 is 2.41 bits per heavy atom. The van der Waals surface area contributed by atoms with Crippen LogP contribution in [-0.4, -0.2) is 42.8 Å². The van der Waals surface area contributed by atoms with Crippen LogP contribution in [0.25, 0.3) is 0 Å². The molecule has 4 nitrogen and oxygen atoms in total. The zero-order chi connectivity index (χ0) is 13.2. The van der Waals surface area contributed by atoms with Gasteiger partial charge in [-0.3, -0.25) is 0 Å². The highest BCUT2D eigenvalue weighted by molar-refractivity contribution is 5.68. The van der Waals surface area contributed by atoms with Crippen LogP contribution in [0.4, 0.5) is 4.79 Å². The van der Waals surface area contributed by atoms with Gasteiger partial charge in [-0.25, -0.2) is 4.79 Å². The fourth-order valence-electron chi connectivity index (χ4n) is 2.26. The number of ether oxygens (including phenoxy) is 1. The van der Waals surface area contributed by atoms with E-state index in [9.17, 15) is 4.79 Å². The molecule has 1 amide bonds. The van der Waals surface area contributed by atoms with Crippen molar-refractivity contribution in [3.63, 3.8) is 0 Å². The Kier molecular flexibility index (Phi) is 4.42.